The van der Waals surface area contributed by atoms with Gasteiger partial charge in [-0.05, 0) is 17.7 Å². The molecule has 0 amide bonds. The SMILES string of the molecule is Nc1cc(Cl)ccc1CBr. The molecule has 2 N–H and O–H groups in total. The molecule has 0 aliphatic rings. The number of hydrogen-bond donors (Lipinski definition) is 1. The molecule has 1 nitrogen and oxygen atoms in total. The van der Waals surface area contributed by atoms with Crippen LogP contribution in [0.3, 0.4) is 0 Å². The molecule has 0 bridgehead atoms. The normalized spacial score (nSPS) is 9.80. The number of hydrogen-bond acceptors (Lipinski definition) is 1. The van der Waals surface area contributed by atoms with Gasteiger partial charge in [-0.15, -0.1) is 0 Å². The first-order chi connectivity index (χ1) is 4.74. The summed E-state index contributed by atoms with van der Waals surface area (Å²) < 4.78 is 0. The van der Waals surface area contributed by atoms with E-state index in [0.717, 1.165) is 16.6 Å². The van der Waals surface area contributed by atoms with E-state index in [1.807, 2.05) is 12.1 Å². The Hall–Kier alpha value is -0.210. The van der Waals surface area contributed by atoms with E-state index in [-0.39, 0.29) is 0 Å². The van der Waals surface area contributed by atoms with E-state index in [0.29, 0.717) is 5.02 Å². The third-order valence-electron chi connectivity index (χ3n) is 1.25. The zero-order chi connectivity index (χ0) is 7.56. The van der Waals surface area contributed by atoms with E-state index < -0.39 is 0 Å². The Morgan fingerprint density at radius 3 is 2.70 bits per heavy atom. The lowest BCUT2D eigenvalue weighted by atomic mass is 10.2. The summed E-state index contributed by atoms with van der Waals surface area (Å²) in [4.78, 5) is 0. The van der Waals surface area contributed by atoms with E-state index in [4.69, 9.17) is 17.3 Å². The highest BCUT2D eigenvalue weighted by molar-refractivity contribution is 9.08. The predicted molar refractivity (Wildman–Crippen MR) is 48.5 cm³/mol. The van der Waals surface area contributed by atoms with Gasteiger partial charge >= 0.3 is 0 Å². The fourth-order valence-corrected chi connectivity index (χ4v) is 1.38. The molecule has 0 aliphatic carbocycles. The Bertz CT molecular complexity index is 237. The van der Waals surface area contributed by atoms with Crippen LogP contribution in [0.4, 0.5) is 5.69 Å². The second kappa shape index (κ2) is 3.26. The number of alkyl halides is 1. The van der Waals surface area contributed by atoms with Gasteiger partial charge in [0.15, 0.2) is 0 Å². The smallest absolute Gasteiger partial charge is 0.0426 e. The summed E-state index contributed by atoms with van der Waals surface area (Å²) in [5.41, 5.74) is 7.43. The summed E-state index contributed by atoms with van der Waals surface area (Å²) in [5, 5.41) is 1.46. The van der Waals surface area contributed by atoms with Gasteiger partial charge in [-0.25, -0.2) is 0 Å². The molecule has 1 aromatic rings. The van der Waals surface area contributed by atoms with Crippen molar-refractivity contribution in [2.24, 2.45) is 0 Å². The molecule has 54 valence electrons. The van der Waals surface area contributed by atoms with Gasteiger partial charge in [0.25, 0.3) is 0 Å². The van der Waals surface area contributed by atoms with Crippen molar-refractivity contribution < 1.29 is 0 Å². The van der Waals surface area contributed by atoms with E-state index in [2.05, 4.69) is 15.9 Å². The van der Waals surface area contributed by atoms with Crippen LogP contribution < -0.4 is 5.73 Å². The Kier molecular flexibility index (Phi) is 2.57. The van der Waals surface area contributed by atoms with E-state index in [1.165, 1.54) is 0 Å². The van der Waals surface area contributed by atoms with Crippen LogP contribution in [0.2, 0.25) is 5.02 Å². The summed E-state index contributed by atoms with van der Waals surface area (Å²) in [6, 6.07) is 5.49. The van der Waals surface area contributed by atoms with Gasteiger partial charge in [0, 0.05) is 16.0 Å². The van der Waals surface area contributed by atoms with E-state index in [1.54, 1.807) is 6.07 Å². The molecule has 0 atom stereocenters. The molecule has 0 saturated heterocycles. The Balaban J connectivity index is 3.07. The van der Waals surface area contributed by atoms with Crippen molar-refractivity contribution in [2.45, 2.75) is 5.33 Å². The molecule has 0 fully saturated rings. The first-order valence-corrected chi connectivity index (χ1v) is 4.34. The molecule has 1 aromatic carbocycles. The molecule has 0 aliphatic heterocycles. The Labute approximate surface area is 73.3 Å². The maximum absolute atomic E-state index is 5.68. The van der Waals surface area contributed by atoms with Crippen LogP contribution >= 0.6 is 27.5 Å². The number of anilines is 1. The first-order valence-electron chi connectivity index (χ1n) is 2.84. The van der Waals surface area contributed by atoms with Crippen molar-refractivity contribution in [1.82, 2.24) is 0 Å². The molecule has 0 unspecified atom stereocenters. The lowest BCUT2D eigenvalue weighted by Gasteiger charge is -2.00. The van der Waals surface area contributed by atoms with Crippen LogP contribution in [0.1, 0.15) is 5.56 Å². The maximum atomic E-state index is 5.68. The van der Waals surface area contributed by atoms with Crippen molar-refractivity contribution in [2.75, 3.05) is 5.73 Å². The number of nitrogens with two attached hydrogens (primary N) is 1. The van der Waals surface area contributed by atoms with Crippen molar-refractivity contribution in [3.63, 3.8) is 0 Å². The summed E-state index contributed by atoms with van der Waals surface area (Å²) in [5.74, 6) is 0. The molecule has 3 heteroatoms. The number of nitrogen functional groups attached to an aromatic ring is 1. The minimum atomic E-state index is 0.683. The van der Waals surface area contributed by atoms with Gasteiger partial charge in [0.05, 0.1) is 0 Å². The van der Waals surface area contributed by atoms with Crippen molar-refractivity contribution in [3.05, 3.63) is 28.8 Å². The van der Waals surface area contributed by atoms with Crippen LogP contribution in [0.25, 0.3) is 0 Å². The molecule has 0 spiro atoms. The summed E-state index contributed by atoms with van der Waals surface area (Å²) >= 11 is 8.99. The Morgan fingerprint density at radius 1 is 1.50 bits per heavy atom. The highest BCUT2D eigenvalue weighted by atomic mass is 79.9. The maximum Gasteiger partial charge on any atom is 0.0426 e. The monoisotopic (exact) mass is 219 g/mol. The fraction of sp³-hybridized carbons (Fsp3) is 0.143. The van der Waals surface area contributed by atoms with Gasteiger partial charge in [0.2, 0.25) is 0 Å². The lowest BCUT2D eigenvalue weighted by Crippen LogP contribution is -1.90. The zero-order valence-electron chi connectivity index (χ0n) is 5.27. The van der Waals surface area contributed by atoms with E-state index >= 15 is 0 Å². The lowest BCUT2D eigenvalue weighted by molar-refractivity contribution is 1.44. The second-order valence-corrected chi connectivity index (χ2v) is 2.97. The molecule has 0 aromatic heterocycles. The predicted octanol–water partition coefficient (Wildman–Crippen LogP) is 2.82. The summed E-state index contributed by atoms with van der Waals surface area (Å²) in [6.45, 7) is 0. The van der Waals surface area contributed by atoms with Gasteiger partial charge in [-0.2, -0.15) is 0 Å². The summed E-state index contributed by atoms with van der Waals surface area (Å²) in [6.07, 6.45) is 0. The number of halogens is 2. The number of benzene rings is 1. The van der Waals surface area contributed by atoms with Crippen molar-refractivity contribution in [3.8, 4) is 0 Å². The summed E-state index contributed by atoms with van der Waals surface area (Å²) in [7, 11) is 0. The molecular weight excluding hydrogens is 213 g/mol. The molecule has 0 heterocycles. The highest BCUT2D eigenvalue weighted by Gasteiger charge is 1.96. The van der Waals surface area contributed by atoms with Crippen LogP contribution in [-0.2, 0) is 5.33 Å². The van der Waals surface area contributed by atoms with Crippen molar-refractivity contribution >= 4 is 33.2 Å². The second-order valence-electron chi connectivity index (χ2n) is 1.98. The van der Waals surface area contributed by atoms with Gasteiger partial charge in [-0.3, -0.25) is 0 Å². The van der Waals surface area contributed by atoms with Crippen LogP contribution in [0.15, 0.2) is 18.2 Å². The van der Waals surface area contributed by atoms with Crippen LogP contribution in [-0.4, -0.2) is 0 Å². The molecule has 1 rings (SSSR count). The quantitative estimate of drug-likeness (QED) is 0.572. The topological polar surface area (TPSA) is 26.0 Å². The molecular formula is C7H7BrClN. The van der Waals surface area contributed by atoms with Crippen LogP contribution in [0.5, 0.6) is 0 Å². The van der Waals surface area contributed by atoms with Gasteiger partial charge in [0.1, 0.15) is 0 Å². The first kappa shape index (κ1) is 7.89. The minimum absolute atomic E-state index is 0.683. The fourth-order valence-electron chi connectivity index (χ4n) is 0.687. The standard InChI is InChI=1S/C7H7BrClN/c8-4-5-1-2-6(9)3-7(5)10/h1-3H,4,10H2. The van der Waals surface area contributed by atoms with Gasteiger partial charge < -0.3 is 5.73 Å². The van der Waals surface area contributed by atoms with E-state index in [9.17, 15) is 0 Å². The molecule has 0 radical (unpaired) electrons. The third kappa shape index (κ3) is 1.64. The van der Waals surface area contributed by atoms with Crippen LogP contribution in [0, 0.1) is 0 Å². The minimum Gasteiger partial charge on any atom is -0.398 e. The van der Waals surface area contributed by atoms with Crippen molar-refractivity contribution in [1.29, 1.82) is 0 Å². The average molecular weight is 220 g/mol. The van der Waals surface area contributed by atoms with Gasteiger partial charge in [-0.1, -0.05) is 33.6 Å². The molecule has 0 saturated carbocycles. The average Bonchev–Trinajstić information content (AvgIpc) is 1.88. The molecule has 10 heavy (non-hydrogen) atoms. The third-order valence-corrected chi connectivity index (χ3v) is 2.09. The highest BCUT2D eigenvalue weighted by Crippen LogP contribution is 2.19. The zero-order valence-corrected chi connectivity index (χ0v) is 7.61. The largest absolute Gasteiger partial charge is 0.398 e. The number of rotatable bonds is 1. The Morgan fingerprint density at radius 2 is 2.20 bits per heavy atom.